The van der Waals surface area contributed by atoms with Gasteiger partial charge in [0, 0.05) is 6.92 Å². The Morgan fingerprint density at radius 2 is 1.46 bits per heavy atom. The summed E-state index contributed by atoms with van der Waals surface area (Å²) in [5.41, 5.74) is 6.41. The summed E-state index contributed by atoms with van der Waals surface area (Å²) in [5.74, 6) is -1.35. The Balaban J connectivity index is 1.96. The minimum absolute atomic E-state index is 0.302. The first-order chi connectivity index (χ1) is 13.5. The number of nitrogens with zero attached hydrogens (tertiary/aromatic N) is 1. The lowest BCUT2D eigenvalue weighted by Gasteiger charge is -2.40. The van der Waals surface area contributed by atoms with Crippen molar-refractivity contribution < 1.29 is 18.4 Å². The number of hydrogen-bond acceptors (Lipinski definition) is 3. The molecule has 0 bridgehead atoms. The van der Waals surface area contributed by atoms with Crippen molar-refractivity contribution in [3.63, 3.8) is 0 Å². The third-order valence-electron chi connectivity index (χ3n) is 4.91. The number of amides is 2. The average molecular weight is 387 g/mol. The van der Waals surface area contributed by atoms with Gasteiger partial charge in [-0.05, 0) is 54.8 Å². The van der Waals surface area contributed by atoms with Crippen LogP contribution in [-0.4, -0.2) is 29.3 Å². The number of carbonyl (C=O) groups is 2. The highest BCUT2D eigenvalue weighted by Crippen LogP contribution is 2.34. The number of likely N-dealkylation sites (tertiary alicyclic amines) is 1. The molecule has 0 aromatic heterocycles. The van der Waals surface area contributed by atoms with E-state index >= 15 is 0 Å². The molecule has 5 nitrogen and oxygen atoms in total. The van der Waals surface area contributed by atoms with Gasteiger partial charge in [0.15, 0.2) is 0 Å². The molecule has 1 fully saturated rings. The van der Waals surface area contributed by atoms with Gasteiger partial charge in [0.05, 0.1) is 12.1 Å². The van der Waals surface area contributed by atoms with Crippen LogP contribution in [-0.2, 0) is 9.59 Å². The second-order valence-electron chi connectivity index (χ2n) is 6.93. The second kappa shape index (κ2) is 8.93. The predicted molar refractivity (Wildman–Crippen MR) is 101 cm³/mol. The largest absolute Gasteiger partial charge is 0.281 e. The van der Waals surface area contributed by atoms with E-state index in [0.717, 1.165) is 24.0 Å². The lowest BCUT2D eigenvalue weighted by atomic mass is 9.91. The molecule has 1 aliphatic heterocycles. The minimum atomic E-state index is -0.472. The van der Waals surface area contributed by atoms with Crippen molar-refractivity contribution in [2.75, 3.05) is 6.54 Å². The molecule has 2 aromatic carbocycles. The molecule has 0 spiro atoms. The van der Waals surface area contributed by atoms with Gasteiger partial charge < -0.3 is 0 Å². The topological polar surface area (TPSA) is 61.4 Å². The maximum Gasteiger partial charge on any atom is 0.255 e. The molecule has 0 saturated carbocycles. The van der Waals surface area contributed by atoms with Crippen LogP contribution in [0.5, 0.6) is 0 Å². The number of hydrazine groups is 1. The van der Waals surface area contributed by atoms with E-state index in [-0.39, 0.29) is 29.5 Å². The molecule has 2 aromatic rings. The molecule has 1 atom stereocenters. The molecule has 1 unspecified atom stereocenters. The Bertz CT molecular complexity index is 779. The van der Waals surface area contributed by atoms with Crippen LogP contribution in [0.4, 0.5) is 8.78 Å². The first-order valence-corrected chi connectivity index (χ1v) is 9.29. The van der Waals surface area contributed by atoms with Crippen LogP contribution in [0.2, 0.25) is 0 Å². The smallest absolute Gasteiger partial charge is 0.255 e. The Kier molecular flexibility index (Phi) is 6.36. The summed E-state index contributed by atoms with van der Waals surface area (Å²) in [6.07, 6.45) is 2.42. The van der Waals surface area contributed by atoms with Crippen LogP contribution >= 0.6 is 0 Å². The van der Waals surface area contributed by atoms with Crippen molar-refractivity contribution in [3.05, 3.63) is 71.3 Å². The third kappa shape index (κ3) is 4.72. The fraction of sp³-hybridized carbons (Fsp3) is 0.333. The Labute approximate surface area is 162 Å². The number of hydrogen-bond donors (Lipinski definition) is 2. The van der Waals surface area contributed by atoms with Crippen molar-refractivity contribution in [2.24, 2.45) is 0 Å². The van der Waals surface area contributed by atoms with Gasteiger partial charge in [-0.15, -0.1) is 0 Å². The van der Waals surface area contributed by atoms with Crippen LogP contribution in [0, 0.1) is 11.6 Å². The summed E-state index contributed by atoms with van der Waals surface area (Å²) >= 11 is 0. The molecule has 0 aliphatic carbocycles. The maximum atomic E-state index is 13.5. The van der Waals surface area contributed by atoms with E-state index in [0.29, 0.717) is 13.0 Å². The number of carbonyl (C=O) groups excluding carboxylic acids is 2. The Morgan fingerprint density at radius 1 is 0.929 bits per heavy atom. The van der Waals surface area contributed by atoms with Crippen molar-refractivity contribution in [1.29, 1.82) is 0 Å². The molecule has 1 heterocycles. The molecule has 3 rings (SSSR count). The zero-order valence-corrected chi connectivity index (χ0v) is 15.6. The summed E-state index contributed by atoms with van der Waals surface area (Å²) in [6, 6.07) is 11.4. The Hall–Kier alpha value is -2.80. The van der Waals surface area contributed by atoms with Gasteiger partial charge in [-0.1, -0.05) is 30.7 Å². The molecular formula is C21H23F2N3O2. The van der Waals surface area contributed by atoms with Crippen molar-refractivity contribution >= 4 is 11.8 Å². The second-order valence-corrected chi connectivity index (χ2v) is 6.93. The predicted octanol–water partition coefficient (Wildman–Crippen LogP) is 3.08. The Morgan fingerprint density at radius 3 is 1.96 bits per heavy atom. The third-order valence-corrected chi connectivity index (χ3v) is 4.91. The van der Waals surface area contributed by atoms with Crippen molar-refractivity contribution in [3.8, 4) is 0 Å². The maximum absolute atomic E-state index is 13.5. The van der Waals surface area contributed by atoms with E-state index in [9.17, 15) is 18.4 Å². The van der Waals surface area contributed by atoms with Crippen molar-refractivity contribution in [2.45, 2.75) is 38.3 Å². The molecule has 0 radical (unpaired) electrons. The molecule has 28 heavy (non-hydrogen) atoms. The normalized spacial score (nSPS) is 17.4. The number of benzene rings is 2. The first-order valence-electron chi connectivity index (χ1n) is 9.29. The number of piperidine rings is 1. The average Bonchev–Trinajstić information content (AvgIpc) is 2.69. The van der Waals surface area contributed by atoms with Gasteiger partial charge in [-0.3, -0.25) is 25.3 Å². The molecular weight excluding hydrogens is 364 g/mol. The quantitative estimate of drug-likeness (QED) is 0.793. The minimum Gasteiger partial charge on any atom is -0.281 e. The van der Waals surface area contributed by atoms with E-state index in [1.54, 1.807) is 24.3 Å². The molecule has 1 saturated heterocycles. The summed E-state index contributed by atoms with van der Waals surface area (Å²) in [5, 5.41) is 0. The number of halogens is 2. The fourth-order valence-electron chi connectivity index (χ4n) is 3.64. The molecule has 2 amide bonds. The van der Waals surface area contributed by atoms with E-state index < -0.39 is 6.04 Å². The lowest BCUT2D eigenvalue weighted by molar-refractivity contribution is -0.133. The van der Waals surface area contributed by atoms with Gasteiger partial charge >= 0.3 is 0 Å². The van der Waals surface area contributed by atoms with Gasteiger partial charge in [0.1, 0.15) is 11.6 Å². The zero-order chi connectivity index (χ0) is 20.1. The van der Waals surface area contributed by atoms with E-state index in [4.69, 9.17) is 0 Å². The number of rotatable bonds is 4. The van der Waals surface area contributed by atoms with Crippen LogP contribution in [0.1, 0.15) is 43.4 Å². The van der Waals surface area contributed by atoms with Crippen LogP contribution in [0.15, 0.2) is 48.5 Å². The lowest BCUT2D eigenvalue weighted by Crippen LogP contribution is -2.54. The SMILES string of the molecule is CC(=O)NNC(=O)C1CCCCN1C(c1ccc(F)cc1)c1ccc(F)cc1. The molecule has 7 heteroatoms. The molecule has 148 valence electrons. The monoisotopic (exact) mass is 387 g/mol. The molecule has 2 N–H and O–H groups in total. The summed E-state index contributed by atoms with van der Waals surface area (Å²) in [4.78, 5) is 25.9. The standard InChI is InChI=1S/C21H23F2N3O2/c1-14(27)24-25-21(28)19-4-2-3-13-26(19)20(15-5-9-17(22)10-6-15)16-7-11-18(23)12-8-16/h5-12,19-20H,2-4,13H2,1H3,(H,24,27)(H,25,28). The zero-order valence-electron chi connectivity index (χ0n) is 15.6. The van der Waals surface area contributed by atoms with Gasteiger partial charge in [-0.2, -0.15) is 0 Å². The summed E-state index contributed by atoms with van der Waals surface area (Å²) in [7, 11) is 0. The van der Waals surface area contributed by atoms with E-state index in [1.807, 2.05) is 4.90 Å². The van der Waals surface area contributed by atoms with E-state index in [2.05, 4.69) is 10.9 Å². The van der Waals surface area contributed by atoms with Crippen LogP contribution in [0.3, 0.4) is 0 Å². The van der Waals surface area contributed by atoms with E-state index in [1.165, 1.54) is 31.2 Å². The van der Waals surface area contributed by atoms with Crippen LogP contribution < -0.4 is 10.9 Å². The van der Waals surface area contributed by atoms with Crippen molar-refractivity contribution in [1.82, 2.24) is 15.8 Å². The first kappa shape index (κ1) is 19.9. The van der Waals surface area contributed by atoms with Crippen LogP contribution in [0.25, 0.3) is 0 Å². The van der Waals surface area contributed by atoms with Gasteiger partial charge in [-0.25, -0.2) is 8.78 Å². The highest BCUT2D eigenvalue weighted by molar-refractivity contribution is 5.84. The van der Waals surface area contributed by atoms with Gasteiger partial charge in [0.25, 0.3) is 5.91 Å². The fourth-order valence-corrected chi connectivity index (χ4v) is 3.64. The summed E-state index contributed by atoms with van der Waals surface area (Å²) in [6.45, 7) is 1.97. The highest BCUT2D eigenvalue weighted by Gasteiger charge is 2.35. The number of nitrogens with one attached hydrogen (secondary N) is 2. The molecule has 1 aliphatic rings. The summed E-state index contributed by atoms with van der Waals surface area (Å²) < 4.78 is 26.9. The van der Waals surface area contributed by atoms with Gasteiger partial charge in [0.2, 0.25) is 5.91 Å². The highest BCUT2D eigenvalue weighted by atomic mass is 19.1.